The average Bonchev–Trinajstić information content (AvgIpc) is 2.79. The maximum Gasteiger partial charge on any atom is 0.243 e. The molecule has 0 aliphatic rings. The summed E-state index contributed by atoms with van der Waals surface area (Å²) in [6.07, 6.45) is 6.41. The molecule has 0 unspecified atom stereocenters. The average molecular weight is 307 g/mol. The summed E-state index contributed by atoms with van der Waals surface area (Å²) < 4.78 is 6.50. The van der Waals surface area contributed by atoms with Crippen molar-refractivity contribution in [2.24, 2.45) is 21.1 Å². The van der Waals surface area contributed by atoms with Crippen LogP contribution in [0.2, 0.25) is 0 Å². The molecule has 0 bridgehead atoms. The molecule has 0 aliphatic heterocycles. The Morgan fingerprint density at radius 2 is 1.65 bits per heavy atom. The maximum atomic E-state index is 2.30. The van der Waals surface area contributed by atoms with Crippen molar-refractivity contribution in [3.63, 3.8) is 0 Å². The van der Waals surface area contributed by atoms with Crippen LogP contribution in [0.3, 0.4) is 0 Å². The molecule has 0 saturated heterocycles. The third kappa shape index (κ3) is 2.56. The number of benzene rings is 1. The molecule has 0 fully saturated rings. The number of hydrogen-bond donors (Lipinski definition) is 0. The monoisotopic (exact) mass is 307 g/mol. The Bertz CT molecular complexity index is 888. The zero-order chi connectivity index (χ0) is 16.7. The van der Waals surface area contributed by atoms with Gasteiger partial charge in [-0.25, -0.2) is 13.7 Å². The summed E-state index contributed by atoms with van der Waals surface area (Å²) in [7, 11) is 6.28. The summed E-state index contributed by atoms with van der Waals surface area (Å²) >= 11 is 0. The largest absolute Gasteiger partial charge is 0.243 e. The molecule has 118 valence electrons. The van der Waals surface area contributed by atoms with Crippen LogP contribution in [0.4, 0.5) is 0 Å². The van der Waals surface area contributed by atoms with Gasteiger partial charge in [-0.1, -0.05) is 6.07 Å². The number of nitrogens with zero attached hydrogens (tertiary/aromatic N) is 3. The highest BCUT2D eigenvalue weighted by atomic mass is 15.1. The van der Waals surface area contributed by atoms with Gasteiger partial charge < -0.3 is 0 Å². The van der Waals surface area contributed by atoms with Crippen LogP contribution in [0.15, 0.2) is 43.0 Å². The van der Waals surface area contributed by atoms with E-state index in [-0.39, 0.29) is 0 Å². The van der Waals surface area contributed by atoms with Crippen LogP contribution in [0.5, 0.6) is 0 Å². The van der Waals surface area contributed by atoms with Gasteiger partial charge in [0.25, 0.3) is 0 Å². The molecule has 2 heterocycles. The Morgan fingerprint density at radius 1 is 0.957 bits per heavy atom. The number of rotatable bonds is 2. The Balaban J connectivity index is 2.34. The van der Waals surface area contributed by atoms with E-state index in [9.17, 15) is 0 Å². The Kier molecular flexibility index (Phi) is 3.80. The molecule has 0 atom stereocenters. The van der Waals surface area contributed by atoms with Gasteiger partial charge in [-0.05, 0) is 43.5 Å². The van der Waals surface area contributed by atoms with Crippen LogP contribution in [0.1, 0.15) is 16.7 Å². The lowest BCUT2D eigenvalue weighted by molar-refractivity contribution is -0.670. The molecule has 0 spiro atoms. The SMILES string of the molecule is Cc1cc(C)c(-c2cccc[n+]2C)c(C)c1-c1c[n+](C)cn1C. The van der Waals surface area contributed by atoms with E-state index in [1.54, 1.807) is 0 Å². The fourth-order valence-electron chi connectivity index (χ4n) is 3.65. The van der Waals surface area contributed by atoms with E-state index in [0.29, 0.717) is 0 Å². The smallest absolute Gasteiger partial charge is 0.239 e. The Morgan fingerprint density at radius 3 is 2.26 bits per heavy atom. The van der Waals surface area contributed by atoms with Gasteiger partial charge in [-0.2, -0.15) is 0 Å². The highest BCUT2D eigenvalue weighted by molar-refractivity contribution is 5.78. The molecule has 0 amide bonds. The van der Waals surface area contributed by atoms with E-state index < -0.39 is 0 Å². The van der Waals surface area contributed by atoms with Crippen LogP contribution in [0.25, 0.3) is 22.5 Å². The third-order valence-corrected chi connectivity index (χ3v) is 4.60. The lowest BCUT2D eigenvalue weighted by Crippen LogP contribution is -2.30. The predicted octanol–water partition coefficient (Wildman–Crippen LogP) is 2.93. The second kappa shape index (κ2) is 5.65. The molecule has 23 heavy (non-hydrogen) atoms. The Hall–Kier alpha value is -2.42. The summed E-state index contributed by atoms with van der Waals surface area (Å²) in [5.41, 5.74) is 9.15. The molecule has 3 rings (SSSR count). The van der Waals surface area contributed by atoms with E-state index in [1.165, 1.54) is 39.2 Å². The zero-order valence-corrected chi connectivity index (χ0v) is 14.9. The Labute approximate surface area is 138 Å². The van der Waals surface area contributed by atoms with Gasteiger partial charge in [0, 0.05) is 17.7 Å². The van der Waals surface area contributed by atoms with Crippen LogP contribution in [-0.4, -0.2) is 4.57 Å². The molecule has 0 N–H and O–H groups in total. The number of hydrogen-bond acceptors (Lipinski definition) is 0. The van der Waals surface area contributed by atoms with E-state index in [0.717, 1.165) is 0 Å². The van der Waals surface area contributed by atoms with Crippen molar-refractivity contribution < 1.29 is 9.13 Å². The van der Waals surface area contributed by atoms with Crippen molar-refractivity contribution in [1.82, 2.24) is 4.57 Å². The quantitative estimate of drug-likeness (QED) is 0.646. The second-order valence-corrected chi connectivity index (χ2v) is 6.49. The molecular weight excluding hydrogens is 282 g/mol. The van der Waals surface area contributed by atoms with E-state index in [1.807, 2.05) is 0 Å². The lowest BCUT2D eigenvalue weighted by atomic mass is 9.90. The number of pyridine rings is 1. The molecule has 3 heteroatoms. The summed E-state index contributed by atoms with van der Waals surface area (Å²) in [5, 5.41) is 0. The molecule has 2 aromatic heterocycles. The van der Waals surface area contributed by atoms with Crippen molar-refractivity contribution >= 4 is 0 Å². The van der Waals surface area contributed by atoms with Crippen molar-refractivity contribution in [2.75, 3.05) is 0 Å². The van der Waals surface area contributed by atoms with Gasteiger partial charge in [0.2, 0.25) is 12.0 Å². The van der Waals surface area contributed by atoms with E-state index in [2.05, 4.69) is 98.6 Å². The minimum absolute atomic E-state index is 1.25. The topological polar surface area (TPSA) is 12.7 Å². The van der Waals surface area contributed by atoms with Crippen LogP contribution in [0, 0.1) is 20.8 Å². The molecule has 0 radical (unpaired) electrons. The van der Waals surface area contributed by atoms with Gasteiger partial charge in [0.15, 0.2) is 11.9 Å². The third-order valence-electron chi connectivity index (χ3n) is 4.60. The van der Waals surface area contributed by atoms with Crippen molar-refractivity contribution in [3.05, 3.63) is 59.7 Å². The summed E-state index contributed by atoms with van der Waals surface area (Å²) in [6.45, 7) is 6.65. The number of aromatic nitrogens is 3. The van der Waals surface area contributed by atoms with Crippen molar-refractivity contribution in [1.29, 1.82) is 0 Å². The molecule has 1 aromatic carbocycles. The van der Waals surface area contributed by atoms with Gasteiger partial charge in [-0.3, -0.25) is 0 Å². The maximum absolute atomic E-state index is 2.30. The second-order valence-electron chi connectivity index (χ2n) is 6.49. The van der Waals surface area contributed by atoms with Gasteiger partial charge in [0.1, 0.15) is 13.2 Å². The first-order chi connectivity index (χ1) is 10.9. The highest BCUT2D eigenvalue weighted by Gasteiger charge is 2.22. The zero-order valence-electron chi connectivity index (χ0n) is 14.9. The van der Waals surface area contributed by atoms with Gasteiger partial charge >= 0.3 is 0 Å². The van der Waals surface area contributed by atoms with E-state index in [4.69, 9.17) is 0 Å². The van der Waals surface area contributed by atoms with Crippen LogP contribution in [-0.2, 0) is 21.1 Å². The van der Waals surface area contributed by atoms with Crippen LogP contribution < -0.4 is 9.13 Å². The first-order valence-corrected chi connectivity index (χ1v) is 7.98. The van der Waals surface area contributed by atoms with Gasteiger partial charge in [-0.15, -0.1) is 0 Å². The molecule has 3 aromatic rings. The molecule has 3 nitrogen and oxygen atoms in total. The first-order valence-electron chi connectivity index (χ1n) is 7.98. The summed E-state index contributed by atoms with van der Waals surface area (Å²) in [4.78, 5) is 0. The minimum atomic E-state index is 1.25. The van der Waals surface area contributed by atoms with E-state index >= 15 is 0 Å². The predicted molar refractivity (Wildman–Crippen MR) is 92.8 cm³/mol. The van der Waals surface area contributed by atoms with Gasteiger partial charge in [0.05, 0.1) is 19.7 Å². The van der Waals surface area contributed by atoms with Crippen LogP contribution >= 0.6 is 0 Å². The highest BCUT2D eigenvalue weighted by Crippen LogP contribution is 2.35. The molecular formula is C20H25N3+2. The normalized spacial score (nSPS) is 11.0. The summed E-state index contributed by atoms with van der Waals surface area (Å²) in [5.74, 6) is 0. The summed E-state index contributed by atoms with van der Waals surface area (Å²) in [6, 6.07) is 8.67. The minimum Gasteiger partial charge on any atom is -0.239 e. The molecule has 0 saturated carbocycles. The number of aryl methyl sites for hydroxylation is 5. The fraction of sp³-hybridized carbons (Fsp3) is 0.300. The van der Waals surface area contributed by atoms with Crippen molar-refractivity contribution in [2.45, 2.75) is 20.8 Å². The standard InChI is InChI=1S/C20H25N3/c1-14-11-15(2)20(18-12-21(4)13-23(18)6)16(3)19(14)17-9-7-8-10-22(17)5/h7-13H,1-6H3/q+2. The van der Waals surface area contributed by atoms with Crippen molar-refractivity contribution in [3.8, 4) is 22.5 Å². The number of imidazole rings is 1. The first kappa shape index (κ1) is 15.5. The lowest BCUT2D eigenvalue weighted by Gasteiger charge is -2.14. The fourth-order valence-corrected chi connectivity index (χ4v) is 3.65. The molecule has 0 aliphatic carbocycles.